The molecule has 3 nitrogen and oxygen atoms in total. The summed E-state index contributed by atoms with van der Waals surface area (Å²) in [5, 5.41) is 8.99. The van der Waals surface area contributed by atoms with Gasteiger partial charge in [0.1, 0.15) is 0 Å². The van der Waals surface area contributed by atoms with Crippen molar-refractivity contribution in [3.8, 4) is 5.69 Å². The van der Waals surface area contributed by atoms with Gasteiger partial charge in [0.2, 0.25) is 0 Å². The van der Waals surface area contributed by atoms with Crippen molar-refractivity contribution in [2.24, 2.45) is 0 Å². The van der Waals surface area contributed by atoms with E-state index in [0.717, 1.165) is 0 Å². The van der Waals surface area contributed by atoms with Crippen LogP contribution in [0.3, 0.4) is 0 Å². The maximum atomic E-state index is 12.2. The molecular weight excluding hydrogens is 392 g/mol. The minimum absolute atomic E-state index is 0.133. The number of nitrogens with zero attached hydrogens (tertiary/aromatic N) is 2. The largest absolute Gasteiger partial charge is 0.446 e. The molecule has 2 rings (SSSR count). The molecule has 2 aromatic rings. The van der Waals surface area contributed by atoms with Crippen LogP contribution in [-0.2, 0) is 6.61 Å². The van der Waals surface area contributed by atoms with Crippen LogP contribution in [0, 0.1) is 3.83 Å². The number of aliphatic hydroxyl groups excluding tert-OH is 1. The van der Waals surface area contributed by atoms with Gasteiger partial charge in [0.05, 0.1) is 12.3 Å². The van der Waals surface area contributed by atoms with Crippen molar-refractivity contribution in [2.75, 3.05) is 0 Å². The molecule has 1 N–H and O–H groups in total. The van der Waals surface area contributed by atoms with Crippen molar-refractivity contribution in [3.63, 3.8) is 0 Å². The first-order valence-corrected chi connectivity index (χ1v) is 6.99. The van der Waals surface area contributed by atoms with Crippen LogP contribution < -0.4 is 0 Å². The summed E-state index contributed by atoms with van der Waals surface area (Å²) in [5.74, 6) is 0. The number of hydrogen-bond acceptors (Lipinski definition) is 3. The summed E-state index contributed by atoms with van der Waals surface area (Å²) >= 11 is 1.85. The Hall–Kier alpha value is -0.740. The van der Waals surface area contributed by atoms with E-state index in [1.165, 1.54) is 12.1 Å². The molecule has 1 aromatic carbocycles. The fraction of sp³-hybridized carbons (Fsp3) is 0.182. The molecule has 1 aromatic heterocycles. The van der Waals surface area contributed by atoms with Gasteiger partial charge in [-0.25, -0.2) is 4.98 Å². The lowest BCUT2D eigenvalue weighted by Gasteiger charge is -2.07. The van der Waals surface area contributed by atoms with E-state index in [1.54, 1.807) is 22.9 Å². The second kappa shape index (κ2) is 5.71. The van der Waals surface area contributed by atoms with Gasteiger partial charge in [0.25, 0.3) is 0 Å². The van der Waals surface area contributed by atoms with E-state index >= 15 is 0 Å². The topological polar surface area (TPSA) is 38.0 Å². The predicted molar refractivity (Wildman–Crippen MR) is 74.1 cm³/mol. The lowest BCUT2D eigenvalue weighted by atomic mass is 10.3. The number of halogens is 4. The molecular formula is C11H8F3IN2OS. The molecule has 102 valence electrons. The molecule has 0 bridgehead atoms. The monoisotopic (exact) mass is 400 g/mol. The van der Waals surface area contributed by atoms with Crippen LogP contribution in [0.15, 0.2) is 35.4 Å². The first-order chi connectivity index (χ1) is 8.89. The summed E-state index contributed by atoms with van der Waals surface area (Å²) in [6.07, 6.45) is 1.65. The first-order valence-electron chi connectivity index (χ1n) is 5.10. The number of benzene rings is 1. The Labute approximate surface area is 125 Å². The Morgan fingerprint density at radius 2 is 1.89 bits per heavy atom. The van der Waals surface area contributed by atoms with Crippen molar-refractivity contribution in [2.45, 2.75) is 17.0 Å². The maximum absolute atomic E-state index is 12.2. The van der Waals surface area contributed by atoms with Crippen LogP contribution in [0.4, 0.5) is 13.2 Å². The third-order valence-electron chi connectivity index (χ3n) is 2.22. The fourth-order valence-electron chi connectivity index (χ4n) is 1.47. The van der Waals surface area contributed by atoms with E-state index in [0.29, 0.717) is 15.2 Å². The Morgan fingerprint density at radius 1 is 1.26 bits per heavy atom. The second-order valence-corrected chi connectivity index (χ2v) is 5.67. The molecule has 0 radical (unpaired) electrons. The molecule has 0 spiro atoms. The normalized spacial score (nSPS) is 11.8. The van der Waals surface area contributed by atoms with Gasteiger partial charge in [0.15, 0.2) is 3.83 Å². The van der Waals surface area contributed by atoms with Gasteiger partial charge in [-0.1, -0.05) is 0 Å². The van der Waals surface area contributed by atoms with Crippen LogP contribution in [-0.4, -0.2) is 20.2 Å². The zero-order chi connectivity index (χ0) is 14.0. The molecule has 0 aliphatic heterocycles. The number of rotatable bonds is 3. The lowest BCUT2D eigenvalue weighted by Crippen LogP contribution is -1.99. The smallest absolute Gasteiger partial charge is 0.390 e. The Bertz CT molecular complexity index is 568. The van der Waals surface area contributed by atoms with Gasteiger partial charge in [0, 0.05) is 39.4 Å². The summed E-state index contributed by atoms with van der Waals surface area (Å²) in [4.78, 5) is 4.23. The number of aliphatic hydroxyl groups is 1. The molecule has 1 heterocycles. The number of hydrogen-bond donors (Lipinski definition) is 1. The average molecular weight is 400 g/mol. The van der Waals surface area contributed by atoms with E-state index in [-0.39, 0.29) is 23.3 Å². The number of thioether (sulfide) groups is 1. The quantitative estimate of drug-likeness (QED) is 0.633. The van der Waals surface area contributed by atoms with Crippen molar-refractivity contribution in [1.29, 1.82) is 0 Å². The summed E-state index contributed by atoms with van der Waals surface area (Å²) < 4.78 is 38.9. The minimum atomic E-state index is -4.28. The van der Waals surface area contributed by atoms with E-state index < -0.39 is 5.51 Å². The van der Waals surface area contributed by atoms with Crippen LogP contribution in [0.1, 0.15) is 5.69 Å². The third-order valence-corrected chi connectivity index (χ3v) is 3.72. The zero-order valence-corrected chi connectivity index (χ0v) is 12.3. The van der Waals surface area contributed by atoms with Gasteiger partial charge in [-0.3, -0.25) is 4.57 Å². The van der Waals surface area contributed by atoms with Crippen LogP contribution in [0.25, 0.3) is 5.69 Å². The molecule has 0 saturated carbocycles. The third kappa shape index (κ3) is 3.86. The Balaban J connectivity index is 2.24. The number of imidazole rings is 1. The molecule has 0 aliphatic rings. The fourth-order valence-corrected chi connectivity index (χ4v) is 2.74. The number of alkyl halides is 3. The minimum Gasteiger partial charge on any atom is -0.390 e. The summed E-state index contributed by atoms with van der Waals surface area (Å²) in [6.45, 7) is -0.176. The van der Waals surface area contributed by atoms with Gasteiger partial charge in [-0.2, -0.15) is 13.2 Å². The van der Waals surface area contributed by atoms with E-state index in [4.69, 9.17) is 5.11 Å². The Morgan fingerprint density at radius 3 is 2.37 bits per heavy atom. The molecule has 0 aliphatic carbocycles. The van der Waals surface area contributed by atoms with Crippen molar-refractivity contribution in [1.82, 2.24) is 9.55 Å². The summed E-state index contributed by atoms with van der Waals surface area (Å²) in [7, 11) is 0. The highest BCUT2D eigenvalue weighted by atomic mass is 127. The van der Waals surface area contributed by atoms with Gasteiger partial charge >= 0.3 is 5.51 Å². The van der Waals surface area contributed by atoms with Crippen molar-refractivity contribution < 1.29 is 18.3 Å². The second-order valence-electron chi connectivity index (χ2n) is 3.57. The lowest BCUT2D eigenvalue weighted by molar-refractivity contribution is -0.0328. The van der Waals surface area contributed by atoms with Gasteiger partial charge in [-0.05, 0) is 36.0 Å². The first kappa shape index (κ1) is 14.7. The standard InChI is InChI=1S/C11H8F3IN2OS/c12-11(13,14)19-9-3-1-8(2-4-9)17-5-7(6-18)16-10(17)15/h1-5,18H,6H2. The van der Waals surface area contributed by atoms with E-state index in [9.17, 15) is 13.2 Å². The highest BCUT2D eigenvalue weighted by Crippen LogP contribution is 2.36. The number of aromatic nitrogens is 2. The SMILES string of the molecule is OCc1cn(-c2ccc(SC(F)(F)F)cc2)c(I)n1. The summed E-state index contributed by atoms with van der Waals surface area (Å²) in [5.41, 5.74) is -3.07. The molecule has 0 unspecified atom stereocenters. The van der Waals surface area contributed by atoms with Crippen LogP contribution in [0.5, 0.6) is 0 Å². The van der Waals surface area contributed by atoms with Gasteiger partial charge < -0.3 is 5.11 Å². The molecule has 0 fully saturated rings. The van der Waals surface area contributed by atoms with Crippen LogP contribution in [0.2, 0.25) is 0 Å². The molecule has 0 amide bonds. The zero-order valence-electron chi connectivity index (χ0n) is 9.36. The average Bonchev–Trinajstić information content (AvgIpc) is 2.70. The molecule has 19 heavy (non-hydrogen) atoms. The van der Waals surface area contributed by atoms with E-state index in [2.05, 4.69) is 4.98 Å². The molecule has 0 atom stereocenters. The summed E-state index contributed by atoms with van der Waals surface area (Å²) in [6, 6.07) is 5.97. The Kier molecular flexibility index (Phi) is 4.41. The van der Waals surface area contributed by atoms with Crippen molar-refractivity contribution >= 4 is 34.4 Å². The predicted octanol–water partition coefficient (Wildman–Crippen LogP) is 3.58. The highest BCUT2D eigenvalue weighted by Gasteiger charge is 2.29. The van der Waals surface area contributed by atoms with Crippen molar-refractivity contribution in [3.05, 3.63) is 40.0 Å². The maximum Gasteiger partial charge on any atom is 0.446 e. The molecule has 8 heteroatoms. The molecule has 0 saturated heterocycles. The highest BCUT2D eigenvalue weighted by molar-refractivity contribution is 14.1. The van der Waals surface area contributed by atoms with Gasteiger partial charge in [-0.15, -0.1) is 0 Å². The van der Waals surface area contributed by atoms with E-state index in [1.807, 2.05) is 22.6 Å². The van der Waals surface area contributed by atoms with Crippen LogP contribution >= 0.6 is 34.4 Å².